The summed E-state index contributed by atoms with van der Waals surface area (Å²) in [6, 6.07) is 4.28. The Labute approximate surface area is 108 Å². The van der Waals surface area contributed by atoms with Crippen LogP contribution in [0.2, 0.25) is 5.02 Å². The SMILES string of the molecule is Cn1cnc(CNC(=O)c2cc(Cl)ccc2O)n1. The molecule has 0 bridgehead atoms. The number of phenols is 1. The van der Waals surface area contributed by atoms with E-state index in [1.807, 2.05) is 0 Å². The van der Waals surface area contributed by atoms with E-state index in [2.05, 4.69) is 15.4 Å². The molecule has 1 aromatic heterocycles. The van der Waals surface area contributed by atoms with Crippen LogP contribution in [0.1, 0.15) is 16.2 Å². The smallest absolute Gasteiger partial charge is 0.255 e. The highest BCUT2D eigenvalue weighted by molar-refractivity contribution is 6.31. The molecule has 1 heterocycles. The zero-order valence-electron chi connectivity index (χ0n) is 9.59. The third-order valence-corrected chi connectivity index (χ3v) is 2.49. The van der Waals surface area contributed by atoms with Gasteiger partial charge in [-0.1, -0.05) is 11.6 Å². The second-order valence-electron chi connectivity index (χ2n) is 3.68. The van der Waals surface area contributed by atoms with Crippen LogP contribution in [0, 0.1) is 0 Å². The molecule has 0 radical (unpaired) electrons. The lowest BCUT2D eigenvalue weighted by atomic mass is 10.2. The van der Waals surface area contributed by atoms with E-state index < -0.39 is 5.91 Å². The number of carbonyl (C=O) groups is 1. The normalized spacial score (nSPS) is 10.3. The van der Waals surface area contributed by atoms with Crippen molar-refractivity contribution in [2.24, 2.45) is 7.05 Å². The summed E-state index contributed by atoms with van der Waals surface area (Å²) in [5, 5.41) is 16.6. The first kappa shape index (κ1) is 12.4. The Morgan fingerprint density at radius 3 is 3.00 bits per heavy atom. The van der Waals surface area contributed by atoms with Crippen molar-refractivity contribution in [3.8, 4) is 5.75 Å². The number of halogens is 1. The van der Waals surface area contributed by atoms with Crippen LogP contribution in [0.25, 0.3) is 0 Å². The summed E-state index contributed by atoms with van der Waals surface area (Å²) in [5.74, 6) is -0.0549. The Kier molecular flexibility index (Phi) is 3.47. The minimum Gasteiger partial charge on any atom is -0.507 e. The van der Waals surface area contributed by atoms with Crippen LogP contribution < -0.4 is 5.32 Å². The Morgan fingerprint density at radius 2 is 2.33 bits per heavy atom. The number of nitrogens with one attached hydrogen (secondary N) is 1. The van der Waals surface area contributed by atoms with Crippen molar-refractivity contribution in [1.82, 2.24) is 20.1 Å². The topological polar surface area (TPSA) is 80.0 Å². The van der Waals surface area contributed by atoms with Crippen LogP contribution in [-0.4, -0.2) is 25.8 Å². The molecule has 94 valence electrons. The highest BCUT2D eigenvalue weighted by Gasteiger charge is 2.12. The van der Waals surface area contributed by atoms with E-state index >= 15 is 0 Å². The average Bonchev–Trinajstić information content (AvgIpc) is 2.75. The molecule has 0 atom stereocenters. The van der Waals surface area contributed by atoms with Crippen molar-refractivity contribution >= 4 is 17.5 Å². The molecule has 0 aliphatic rings. The quantitative estimate of drug-likeness (QED) is 0.872. The number of nitrogens with zero attached hydrogens (tertiary/aromatic N) is 3. The summed E-state index contributed by atoms with van der Waals surface area (Å²) in [6.07, 6.45) is 1.54. The van der Waals surface area contributed by atoms with Crippen molar-refractivity contribution in [3.63, 3.8) is 0 Å². The van der Waals surface area contributed by atoms with Crippen molar-refractivity contribution in [2.75, 3.05) is 0 Å². The van der Waals surface area contributed by atoms with Gasteiger partial charge in [-0.05, 0) is 18.2 Å². The first-order valence-corrected chi connectivity index (χ1v) is 5.55. The van der Waals surface area contributed by atoms with E-state index in [1.165, 1.54) is 18.2 Å². The second-order valence-corrected chi connectivity index (χ2v) is 4.12. The van der Waals surface area contributed by atoms with Gasteiger partial charge in [-0.2, -0.15) is 5.10 Å². The van der Waals surface area contributed by atoms with Crippen molar-refractivity contribution in [2.45, 2.75) is 6.54 Å². The summed E-state index contributed by atoms with van der Waals surface area (Å²) in [7, 11) is 1.74. The monoisotopic (exact) mass is 266 g/mol. The van der Waals surface area contributed by atoms with E-state index in [-0.39, 0.29) is 17.9 Å². The van der Waals surface area contributed by atoms with Crippen LogP contribution in [0.5, 0.6) is 5.75 Å². The number of benzene rings is 1. The fourth-order valence-electron chi connectivity index (χ4n) is 1.41. The molecule has 0 aliphatic carbocycles. The molecule has 7 heteroatoms. The van der Waals surface area contributed by atoms with Gasteiger partial charge in [-0.25, -0.2) is 4.98 Å². The van der Waals surface area contributed by atoms with E-state index in [1.54, 1.807) is 18.1 Å². The molecule has 1 amide bonds. The van der Waals surface area contributed by atoms with Gasteiger partial charge < -0.3 is 10.4 Å². The summed E-state index contributed by atoms with van der Waals surface area (Å²) in [5.41, 5.74) is 0.124. The molecule has 0 fully saturated rings. The zero-order chi connectivity index (χ0) is 13.1. The number of rotatable bonds is 3. The van der Waals surface area contributed by atoms with Crippen molar-refractivity contribution in [3.05, 3.63) is 40.9 Å². The van der Waals surface area contributed by atoms with Crippen LogP contribution in [0.15, 0.2) is 24.5 Å². The Hall–Kier alpha value is -2.08. The largest absolute Gasteiger partial charge is 0.507 e. The minimum absolute atomic E-state index is 0.120. The average molecular weight is 267 g/mol. The molecule has 2 rings (SSSR count). The van der Waals surface area contributed by atoms with E-state index in [9.17, 15) is 9.90 Å². The second kappa shape index (κ2) is 5.05. The molecular weight excluding hydrogens is 256 g/mol. The van der Waals surface area contributed by atoms with Crippen LogP contribution in [-0.2, 0) is 13.6 Å². The molecule has 0 saturated carbocycles. The van der Waals surface area contributed by atoms with Gasteiger partial charge in [0.05, 0.1) is 12.1 Å². The van der Waals surface area contributed by atoms with E-state index in [0.29, 0.717) is 10.8 Å². The van der Waals surface area contributed by atoms with Crippen molar-refractivity contribution < 1.29 is 9.90 Å². The fraction of sp³-hybridized carbons (Fsp3) is 0.182. The van der Waals surface area contributed by atoms with E-state index in [4.69, 9.17) is 11.6 Å². The molecule has 6 nitrogen and oxygen atoms in total. The lowest BCUT2D eigenvalue weighted by Gasteiger charge is -2.05. The van der Waals surface area contributed by atoms with Gasteiger partial charge in [-0.3, -0.25) is 9.48 Å². The van der Waals surface area contributed by atoms with Gasteiger partial charge in [0.1, 0.15) is 12.1 Å². The molecule has 0 aliphatic heterocycles. The Bertz CT molecular complexity index is 582. The standard InChI is InChI=1S/C11H11ClN4O2/c1-16-6-14-10(15-16)5-13-11(18)8-4-7(12)2-3-9(8)17/h2-4,6,17H,5H2,1H3,(H,13,18). The fourth-order valence-corrected chi connectivity index (χ4v) is 1.58. The number of hydrogen-bond donors (Lipinski definition) is 2. The highest BCUT2D eigenvalue weighted by Crippen LogP contribution is 2.21. The molecule has 2 aromatic rings. The predicted molar refractivity (Wildman–Crippen MR) is 65.3 cm³/mol. The third-order valence-electron chi connectivity index (χ3n) is 2.26. The number of amides is 1. The summed E-state index contributed by atoms with van der Waals surface area (Å²) in [4.78, 5) is 15.8. The number of aromatic nitrogens is 3. The number of hydrogen-bond acceptors (Lipinski definition) is 4. The Balaban J connectivity index is 2.05. The molecule has 0 spiro atoms. The molecule has 2 N–H and O–H groups in total. The number of aryl methyl sites for hydroxylation is 1. The van der Waals surface area contributed by atoms with Crippen LogP contribution in [0.3, 0.4) is 0 Å². The maximum Gasteiger partial charge on any atom is 0.255 e. The van der Waals surface area contributed by atoms with Gasteiger partial charge in [0.2, 0.25) is 0 Å². The van der Waals surface area contributed by atoms with Gasteiger partial charge in [0, 0.05) is 12.1 Å². The minimum atomic E-state index is -0.428. The molecule has 0 saturated heterocycles. The maximum absolute atomic E-state index is 11.8. The number of carbonyl (C=O) groups excluding carboxylic acids is 1. The lowest BCUT2D eigenvalue weighted by molar-refractivity contribution is 0.0947. The van der Waals surface area contributed by atoms with Gasteiger partial charge in [0.25, 0.3) is 5.91 Å². The van der Waals surface area contributed by atoms with Gasteiger partial charge in [-0.15, -0.1) is 0 Å². The molecule has 0 unspecified atom stereocenters. The van der Waals surface area contributed by atoms with Gasteiger partial charge in [0.15, 0.2) is 5.82 Å². The molecule has 18 heavy (non-hydrogen) atoms. The Morgan fingerprint density at radius 1 is 1.56 bits per heavy atom. The summed E-state index contributed by atoms with van der Waals surface area (Å²) < 4.78 is 1.54. The molecular formula is C11H11ClN4O2. The summed E-state index contributed by atoms with van der Waals surface area (Å²) in [6.45, 7) is 0.186. The molecule has 1 aromatic carbocycles. The third kappa shape index (κ3) is 2.78. The number of phenolic OH excluding ortho intramolecular Hbond substituents is 1. The van der Waals surface area contributed by atoms with Crippen molar-refractivity contribution in [1.29, 1.82) is 0 Å². The summed E-state index contributed by atoms with van der Waals surface area (Å²) >= 11 is 5.76. The predicted octanol–water partition coefficient (Wildman–Crippen LogP) is 1.10. The maximum atomic E-state index is 11.8. The first-order chi connectivity index (χ1) is 8.56. The zero-order valence-corrected chi connectivity index (χ0v) is 10.3. The first-order valence-electron chi connectivity index (χ1n) is 5.17. The van der Waals surface area contributed by atoms with Crippen LogP contribution in [0.4, 0.5) is 0 Å². The number of aromatic hydroxyl groups is 1. The van der Waals surface area contributed by atoms with E-state index in [0.717, 1.165) is 0 Å². The highest BCUT2D eigenvalue weighted by atomic mass is 35.5. The van der Waals surface area contributed by atoms with Gasteiger partial charge >= 0.3 is 0 Å². The van der Waals surface area contributed by atoms with Crippen LogP contribution >= 0.6 is 11.6 Å². The lowest BCUT2D eigenvalue weighted by Crippen LogP contribution is -2.23.